The molecule has 1 rings (SSSR count). The van der Waals surface area contributed by atoms with Crippen LogP contribution in [-0.4, -0.2) is 17.0 Å². The molecule has 18 heavy (non-hydrogen) atoms. The molecule has 0 spiro atoms. The van der Waals surface area contributed by atoms with Crippen LogP contribution < -0.4 is 5.32 Å². The third-order valence-corrected chi connectivity index (χ3v) is 3.49. The van der Waals surface area contributed by atoms with E-state index in [1.807, 2.05) is 13.8 Å². The number of carboxylic acid groups (broad SMARTS) is 1. The van der Waals surface area contributed by atoms with Crippen LogP contribution in [-0.2, 0) is 4.79 Å². The first-order valence-corrected chi connectivity index (χ1v) is 6.62. The quantitative estimate of drug-likeness (QED) is 0.874. The minimum Gasteiger partial charge on any atom is -0.478 e. The highest BCUT2D eigenvalue weighted by Crippen LogP contribution is 2.24. The van der Waals surface area contributed by atoms with Crippen molar-refractivity contribution in [1.82, 2.24) is 0 Å². The van der Waals surface area contributed by atoms with E-state index in [2.05, 4.69) is 21.2 Å². The van der Waals surface area contributed by atoms with Crippen LogP contribution in [0, 0.1) is 5.92 Å². The first-order chi connectivity index (χ1) is 8.49. The minimum absolute atomic E-state index is 0.0175. The van der Waals surface area contributed by atoms with E-state index in [0.717, 1.165) is 12.8 Å². The smallest absolute Gasteiger partial charge is 0.335 e. The van der Waals surface area contributed by atoms with Crippen molar-refractivity contribution in [3.05, 3.63) is 28.2 Å². The first-order valence-electron chi connectivity index (χ1n) is 5.83. The highest BCUT2D eigenvalue weighted by Gasteiger charge is 2.15. The van der Waals surface area contributed by atoms with Crippen molar-refractivity contribution < 1.29 is 14.7 Å². The minimum atomic E-state index is -0.992. The van der Waals surface area contributed by atoms with E-state index in [1.165, 1.54) is 12.1 Å². The summed E-state index contributed by atoms with van der Waals surface area (Å²) in [6.07, 6.45) is 1.57. The summed E-state index contributed by atoms with van der Waals surface area (Å²) in [5.74, 6) is -1.05. The highest BCUT2D eigenvalue weighted by molar-refractivity contribution is 9.10. The second-order valence-electron chi connectivity index (χ2n) is 4.00. The second-order valence-corrected chi connectivity index (χ2v) is 4.86. The highest BCUT2D eigenvalue weighted by atomic mass is 79.9. The number of carboxylic acids is 1. The molecule has 0 fully saturated rings. The molecule has 98 valence electrons. The molecule has 2 N–H and O–H groups in total. The number of hydrogen-bond donors (Lipinski definition) is 2. The third-order valence-electron chi connectivity index (χ3n) is 2.83. The normalized spacial score (nSPS) is 10.4. The average Bonchev–Trinajstić information content (AvgIpc) is 2.33. The van der Waals surface area contributed by atoms with Gasteiger partial charge in [-0.2, -0.15) is 0 Å². The molecular formula is C13H16BrNO3. The number of hydrogen-bond acceptors (Lipinski definition) is 2. The Balaban J connectivity index is 2.86. The lowest BCUT2D eigenvalue weighted by atomic mass is 10.0. The fourth-order valence-electron chi connectivity index (χ4n) is 1.64. The summed E-state index contributed by atoms with van der Waals surface area (Å²) >= 11 is 3.26. The zero-order chi connectivity index (χ0) is 13.7. The van der Waals surface area contributed by atoms with Gasteiger partial charge in [-0.1, -0.05) is 13.8 Å². The van der Waals surface area contributed by atoms with E-state index >= 15 is 0 Å². The molecule has 0 saturated heterocycles. The van der Waals surface area contributed by atoms with Crippen LogP contribution in [0.5, 0.6) is 0 Å². The molecule has 0 aromatic heterocycles. The van der Waals surface area contributed by atoms with Crippen molar-refractivity contribution in [2.24, 2.45) is 5.92 Å². The number of halogens is 1. The van der Waals surface area contributed by atoms with Crippen molar-refractivity contribution in [3.8, 4) is 0 Å². The van der Waals surface area contributed by atoms with Crippen LogP contribution in [0.4, 0.5) is 5.69 Å². The maximum atomic E-state index is 11.9. The Morgan fingerprint density at radius 3 is 2.39 bits per heavy atom. The summed E-state index contributed by atoms with van der Waals surface area (Å²) in [5, 5.41) is 11.6. The molecule has 5 heteroatoms. The zero-order valence-corrected chi connectivity index (χ0v) is 12.0. The molecule has 0 atom stereocenters. The van der Waals surface area contributed by atoms with Gasteiger partial charge in [-0.05, 0) is 47.0 Å². The zero-order valence-electron chi connectivity index (χ0n) is 10.4. The van der Waals surface area contributed by atoms with Crippen molar-refractivity contribution >= 4 is 33.5 Å². The molecule has 0 aliphatic carbocycles. The standard InChI is InChI=1S/C13H16BrNO3/c1-3-8(4-2)12(16)15-11-6-5-9(13(17)18)7-10(11)14/h5-8H,3-4H2,1-2H3,(H,15,16)(H,17,18). The van der Waals surface area contributed by atoms with Gasteiger partial charge in [0.2, 0.25) is 5.91 Å². The summed E-state index contributed by atoms with van der Waals surface area (Å²) < 4.78 is 0.571. The van der Waals surface area contributed by atoms with Gasteiger partial charge in [0.15, 0.2) is 0 Å². The Morgan fingerprint density at radius 1 is 1.33 bits per heavy atom. The van der Waals surface area contributed by atoms with Crippen LogP contribution in [0.1, 0.15) is 37.0 Å². The Labute approximate surface area is 115 Å². The molecule has 0 aliphatic rings. The van der Waals surface area contributed by atoms with Gasteiger partial charge in [0.1, 0.15) is 0 Å². The number of carbonyl (C=O) groups is 2. The number of nitrogens with one attached hydrogen (secondary N) is 1. The van der Waals surface area contributed by atoms with E-state index in [0.29, 0.717) is 10.2 Å². The van der Waals surface area contributed by atoms with Crippen LogP contribution in [0.25, 0.3) is 0 Å². The Hall–Kier alpha value is -1.36. The maximum Gasteiger partial charge on any atom is 0.335 e. The molecular weight excluding hydrogens is 298 g/mol. The fourth-order valence-corrected chi connectivity index (χ4v) is 2.12. The number of amides is 1. The molecule has 0 heterocycles. The first kappa shape index (κ1) is 14.7. The number of rotatable bonds is 5. The molecule has 1 aromatic rings. The van der Waals surface area contributed by atoms with E-state index in [9.17, 15) is 9.59 Å². The van der Waals surface area contributed by atoms with Gasteiger partial charge >= 0.3 is 5.97 Å². The molecule has 1 amide bonds. The van der Waals surface area contributed by atoms with Crippen LogP contribution in [0.2, 0.25) is 0 Å². The topological polar surface area (TPSA) is 66.4 Å². The van der Waals surface area contributed by atoms with E-state index in [-0.39, 0.29) is 17.4 Å². The van der Waals surface area contributed by atoms with Gasteiger partial charge in [0, 0.05) is 10.4 Å². The van der Waals surface area contributed by atoms with E-state index < -0.39 is 5.97 Å². The lowest BCUT2D eigenvalue weighted by Gasteiger charge is -2.14. The predicted octanol–water partition coefficient (Wildman–Crippen LogP) is 3.52. The fraction of sp³-hybridized carbons (Fsp3) is 0.385. The molecule has 0 radical (unpaired) electrons. The van der Waals surface area contributed by atoms with Crippen molar-refractivity contribution in [2.75, 3.05) is 5.32 Å². The summed E-state index contributed by atoms with van der Waals surface area (Å²) in [6.45, 7) is 3.94. The van der Waals surface area contributed by atoms with Gasteiger partial charge in [-0.15, -0.1) is 0 Å². The van der Waals surface area contributed by atoms with Crippen LogP contribution in [0.15, 0.2) is 22.7 Å². The largest absolute Gasteiger partial charge is 0.478 e. The van der Waals surface area contributed by atoms with E-state index in [1.54, 1.807) is 6.07 Å². The predicted molar refractivity (Wildman–Crippen MR) is 73.8 cm³/mol. The Morgan fingerprint density at radius 2 is 1.94 bits per heavy atom. The molecule has 1 aromatic carbocycles. The Bertz CT molecular complexity index is 456. The third kappa shape index (κ3) is 3.57. The van der Waals surface area contributed by atoms with Gasteiger partial charge in [0.25, 0.3) is 0 Å². The van der Waals surface area contributed by atoms with Crippen LogP contribution in [0.3, 0.4) is 0 Å². The number of carbonyl (C=O) groups excluding carboxylic acids is 1. The maximum absolute atomic E-state index is 11.9. The molecule has 0 aliphatic heterocycles. The Kier molecular flexibility index (Phi) is 5.34. The van der Waals surface area contributed by atoms with Gasteiger partial charge in [-0.3, -0.25) is 4.79 Å². The molecule has 0 unspecified atom stereocenters. The van der Waals surface area contributed by atoms with Gasteiger partial charge in [-0.25, -0.2) is 4.79 Å². The summed E-state index contributed by atoms with van der Waals surface area (Å²) in [6, 6.07) is 4.54. The number of anilines is 1. The monoisotopic (exact) mass is 313 g/mol. The van der Waals surface area contributed by atoms with Gasteiger partial charge in [0.05, 0.1) is 11.3 Å². The summed E-state index contributed by atoms with van der Waals surface area (Å²) in [4.78, 5) is 22.7. The second kappa shape index (κ2) is 6.54. The number of aromatic carboxylic acids is 1. The van der Waals surface area contributed by atoms with Crippen molar-refractivity contribution in [2.45, 2.75) is 26.7 Å². The van der Waals surface area contributed by atoms with Crippen molar-refractivity contribution in [3.63, 3.8) is 0 Å². The van der Waals surface area contributed by atoms with Gasteiger partial charge < -0.3 is 10.4 Å². The van der Waals surface area contributed by atoms with Crippen LogP contribution >= 0.6 is 15.9 Å². The van der Waals surface area contributed by atoms with E-state index in [4.69, 9.17) is 5.11 Å². The van der Waals surface area contributed by atoms with Crippen molar-refractivity contribution in [1.29, 1.82) is 0 Å². The lowest BCUT2D eigenvalue weighted by molar-refractivity contribution is -0.120. The average molecular weight is 314 g/mol. The lowest BCUT2D eigenvalue weighted by Crippen LogP contribution is -2.21. The molecule has 0 saturated carbocycles. The molecule has 4 nitrogen and oxygen atoms in total. The SMILES string of the molecule is CCC(CC)C(=O)Nc1ccc(C(=O)O)cc1Br. The summed E-state index contributed by atoms with van der Waals surface area (Å²) in [5.41, 5.74) is 0.777. The summed E-state index contributed by atoms with van der Waals surface area (Å²) in [7, 11) is 0. The number of benzene rings is 1. The molecule has 0 bridgehead atoms.